The number of anilines is 1. The number of allylic oxidation sites excluding steroid dienone is 1. The topological polar surface area (TPSA) is 140 Å². The third kappa shape index (κ3) is 4.67. The van der Waals surface area contributed by atoms with E-state index in [1.165, 1.54) is 35.2 Å². The minimum Gasteiger partial charge on any atom is -0.466 e. The lowest BCUT2D eigenvalue weighted by Gasteiger charge is -2.35. The smallest absolute Gasteiger partial charge is 0.355 e. The number of hydrogen-bond acceptors (Lipinski definition) is 9. The van der Waals surface area contributed by atoms with Crippen molar-refractivity contribution < 1.29 is 27.5 Å². The summed E-state index contributed by atoms with van der Waals surface area (Å²) in [5.41, 5.74) is 6.81. The summed E-state index contributed by atoms with van der Waals surface area (Å²) in [6.45, 7) is 3.45. The van der Waals surface area contributed by atoms with Gasteiger partial charge in [-0.2, -0.15) is 5.26 Å². The Hall–Kier alpha value is -4.36. The van der Waals surface area contributed by atoms with Crippen LogP contribution in [-0.2, 0) is 28.9 Å². The molecule has 10 heteroatoms. The number of ether oxygens (including phenoxy) is 2. The highest BCUT2D eigenvalue weighted by Gasteiger charge is 2.43. The van der Waals surface area contributed by atoms with Gasteiger partial charge in [0.05, 0.1) is 48.0 Å². The van der Waals surface area contributed by atoms with E-state index >= 15 is 0 Å². The summed E-state index contributed by atoms with van der Waals surface area (Å²) < 4.78 is 34.7. The van der Waals surface area contributed by atoms with Crippen LogP contribution in [-0.4, -0.2) is 40.3 Å². The lowest BCUT2D eigenvalue weighted by Crippen LogP contribution is -2.40. The Kier molecular flexibility index (Phi) is 7.42. The molecule has 0 fully saturated rings. The van der Waals surface area contributed by atoms with Crippen LogP contribution in [0.2, 0.25) is 0 Å². The highest BCUT2D eigenvalue weighted by Crippen LogP contribution is 2.43. The van der Waals surface area contributed by atoms with E-state index in [1.54, 1.807) is 30.3 Å². The zero-order valence-electron chi connectivity index (χ0n) is 19.1. The summed E-state index contributed by atoms with van der Waals surface area (Å²) in [6.07, 6.45) is 1.28. The minimum absolute atomic E-state index is 0.00704. The molecule has 0 radical (unpaired) electrons. The molecule has 2 aromatic carbocycles. The molecule has 180 valence electrons. The second-order valence-corrected chi connectivity index (χ2v) is 9.43. The molecule has 1 atom stereocenters. The molecule has 1 aliphatic heterocycles. The van der Waals surface area contributed by atoms with Crippen LogP contribution in [0.5, 0.6) is 0 Å². The number of rotatable bonds is 7. The van der Waals surface area contributed by atoms with Gasteiger partial charge in [-0.15, -0.1) is 6.58 Å². The van der Waals surface area contributed by atoms with Gasteiger partial charge in [0.15, 0.2) is 9.84 Å². The summed E-state index contributed by atoms with van der Waals surface area (Å²) in [5, 5.41) is 10.0. The number of carbonyl (C=O) groups is 2. The first-order valence-corrected chi connectivity index (χ1v) is 12.0. The van der Waals surface area contributed by atoms with Crippen molar-refractivity contribution in [2.75, 3.05) is 24.9 Å². The Bertz CT molecular complexity index is 1370. The number of methoxy groups -OCH3 is 2. The average molecular weight is 494 g/mol. The number of nitrogens with two attached hydrogens (primary N) is 1. The molecule has 1 unspecified atom stereocenters. The Labute approximate surface area is 203 Å². The first-order valence-electron chi connectivity index (χ1n) is 10.3. The summed E-state index contributed by atoms with van der Waals surface area (Å²) in [4.78, 5) is 27.2. The van der Waals surface area contributed by atoms with Crippen LogP contribution >= 0.6 is 0 Å². The van der Waals surface area contributed by atoms with E-state index in [2.05, 4.69) is 12.6 Å². The van der Waals surface area contributed by atoms with Crippen LogP contribution in [0.1, 0.15) is 11.5 Å². The highest BCUT2D eigenvalue weighted by atomic mass is 32.2. The van der Waals surface area contributed by atoms with Gasteiger partial charge in [0.2, 0.25) is 0 Å². The first-order chi connectivity index (χ1) is 16.7. The van der Waals surface area contributed by atoms with Crippen LogP contribution in [0.4, 0.5) is 5.69 Å². The van der Waals surface area contributed by atoms with Gasteiger partial charge >= 0.3 is 11.9 Å². The number of esters is 2. The quantitative estimate of drug-likeness (QED) is 0.455. The number of carbonyl (C=O) groups excluding carboxylic acids is 2. The average Bonchev–Trinajstić information content (AvgIpc) is 2.87. The number of benzene rings is 2. The van der Waals surface area contributed by atoms with Crippen molar-refractivity contribution in [3.05, 3.63) is 95.5 Å². The van der Waals surface area contributed by atoms with Gasteiger partial charge in [-0.25, -0.2) is 18.0 Å². The normalized spacial score (nSPS) is 15.9. The van der Waals surface area contributed by atoms with Crippen molar-refractivity contribution in [2.24, 2.45) is 5.73 Å². The zero-order chi connectivity index (χ0) is 25.8. The molecule has 9 nitrogen and oxygen atoms in total. The molecule has 2 N–H and O–H groups in total. The Balaban J connectivity index is 2.32. The standard InChI is InChI=1S/C25H23N3O6S/c1-4-14-35(31,32)18-12-10-17(11-13-18)28-22(25(30)34-3)21(24(29)33-2)20(19(15-26)23(28)27)16-8-6-5-7-9-16/h4-13,20H,1,14,27H2,2-3H3. The number of sulfone groups is 1. The number of nitrogens with zero attached hydrogens (tertiary/aromatic N) is 2. The largest absolute Gasteiger partial charge is 0.466 e. The van der Waals surface area contributed by atoms with Gasteiger partial charge in [0, 0.05) is 5.69 Å². The third-order valence-electron chi connectivity index (χ3n) is 5.40. The summed E-state index contributed by atoms with van der Waals surface area (Å²) >= 11 is 0. The molecule has 2 aromatic rings. The summed E-state index contributed by atoms with van der Waals surface area (Å²) in [5.74, 6) is -3.11. The van der Waals surface area contributed by atoms with Gasteiger partial charge < -0.3 is 15.2 Å². The van der Waals surface area contributed by atoms with Crippen LogP contribution < -0.4 is 10.6 Å². The summed E-state index contributed by atoms with van der Waals surface area (Å²) in [7, 11) is -1.30. The molecule has 35 heavy (non-hydrogen) atoms. The fraction of sp³-hybridized carbons (Fsp3) is 0.160. The van der Waals surface area contributed by atoms with E-state index in [0.29, 0.717) is 5.56 Å². The molecule has 0 saturated carbocycles. The van der Waals surface area contributed by atoms with Crippen LogP contribution in [0.15, 0.2) is 94.8 Å². The van der Waals surface area contributed by atoms with Gasteiger partial charge in [0.25, 0.3) is 0 Å². The molecule has 0 amide bonds. The molecule has 0 aliphatic carbocycles. The molecule has 1 aliphatic rings. The van der Waals surface area contributed by atoms with Gasteiger partial charge in [-0.3, -0.25) is 4.90 Å². The second-order valence-electron chi connectivity index (χ2n) is 7.40. The van der Waals surface area contributed by atoms with E-state index < -0.39 is 27.7 Å². The number of hydrogen-bond donors (Lipinski definition) is 1. The maximum Gasteiger partial charge on any atom is 0.355 e. The van der Waals surface area contributed by atoms with Crippen molar-refractivity contribution >= 4 is 27.5 Å². The van der Waals surface area contributed by atoms with Gasteiger partial charge in [-0.1, -0.05) is 36.4 Å². The maximum absolute atomic E-state index is 13.0. The van der Waals surface area contributed by atoms with E-state index in [4.69, 9.17) is 15.2 Å². The number of nitriles is 1. The minimum atomic E-state index is -3.60. The summed E-state index contributed by atoms with van der Waals surface area (Å²) in [6, 6.07) is 16.2. The molecule has 3 rings (SSSR count). The lowest BCUT2D eigenvalue weighted by molar-refractivity contribution is -0.139. The molecule has 0 spiro atoms. The second kappa shape index (κ2) is 10.3. The van der Waals surface area contributed by atoms with Crippen LogP contribution in [0, 0.1) is 11.3 Å². The predicted octanol–water partition coefficient (Wildman–Crippen LogP) is 2.54. The van der Waals surface area contributed by atoms with Crippen molar-refractivity contribution in [1.82, 2.24) is 0 Å². The molecule has 1 heterocycles. The Morgan fingerprint density at radius 2 is 1.69 bits per heavy atom. The third-order valence-corrected chi connectivity index (χ3v) is 7.07. The van der Waals surface area contributed by atoms with Crippen LogP contribution in [0.3, 0.4) is 0 Å². The van der Waals surface area contributed by atoms with E-state index in [0.717, 1.165) is 14.2 Å². The zero-order valence-corrected chi connectivity index (χ0v) is 19.9. The maximum atomic E-state index is 13.0. The Morgan fingerprint density at radius 1 is 1.09 bits per heavy atom. The highest BCUT2D eigenvalue weighted by molar-refractivity contribution is 7.91. The molecule has 0 bridgehead atoms. The molecule has 0 saturated heterocycles. The van der Waals surface area contributed by atoms with Crippen LogP contribution in [0.25, 0.3) is 0 Å². The molecular weight excluding hydrogens is 470 g/mol. The van der Waals surface area contributed by atoms with Crippen molar-refractivity contribution in [1.29, 1.82) is 5.26 Å². The van der Waals surface area contributed by atoms with Crippen molar-refractivity contribution in [3.63, 3.8) is 0 Å². The van der Waals surface area contributed by atoms with Crippen molar-refractivity contribution in [2.45, 2.75) is 10.8 Å². The van der Waals surface area contributed by atoms with E-state index in [1.807, 2.05) is 0 Å². The van der Waals surface area contributed by atoms with E-state index in [-0.39, 0.29) is 39.0 Å². The predicted molar refractivity (Wildman–Crippen MR) is 128 cm³/mol. The lowest BCUT2D eigenvalue weighted by atomic mass is 9.81. The monoisotopic (exact) mass is 493 g/mol. The fourth-order valence-corrected chi connectivity index (χ4v) is 4.89. The SMILES string of the molecule is C=CCS(=O)(=O)c1ccc(N2C(N)=C(C#N)C(c3ccccc3)C(C(=O)OC)=C2C(=O)OC)cc1. The molecule has 0 aromatic heterocycles. The fourth-order valence-electron chi connectivity index (χ4n) is 3.84. The first kappa shape index (κ1) is 25.3. The van der Waals surface area contributed by atoms with Crippen molar-refractivity contribution in [3.8, 4) is 6.07 Å². The Morgan fingerprint density at radius 3 is 2.20 bits per heavy atom. The molecular formula is C25H23N3O6S. The van der Waals surface area contributed by atoms with Gasteiger partial charge in [-0.05, 0) is 29.8 Å². The van der Waals surface area contributed by atoms with E-state index in [9.17, 15) is 23.3 Å². The van der Waals surface area contributed by atoms with Gasteiger partial charge in [0.1, 0.15) is 11.5 Å².